The highest BCUT2D eigenvalue weighted by Gasteiger charge is 2.32. The number of ether oxygens (including phenoxy) is 1. The third-order valence-corrected chi connectivity index (χ3v) is 6.19. The molecule has 2 heterocycles. The summed E-state index contributed by atoms with van der Waals surface area (Å²) in [6.45, 7) is 5.00. The molecule has 0 radical (unpaired) electrons. The van der Waals surface area contributed by atoms with Crippen LogP contribution < -0.4 is 10.1 Å². The van der Waals surface area contributed by atoms with Crippen molar-refractivity contribution in [3.63, 3.8) is 0 Å². The van der Waals surface area contributed by atoms with Gasteiger partial charge in [-0.1, -0.05) is 11.6 Å². The zero-order valence-electron chi connectivity index (χ0n) is 18.1. The summed E-state index contributed by atoms with van der Waals surface area (Å²) in [5.74, 6) is 1.21. The third-order valence-electron chi connectivity index (χ3n) is 5.95. The van der Waals surface area contributed by atoms with Crippen molar-refractivity contribution in [2.75, 3.05) is 20.2 Å². The van der Waals surface area contributed by atoms with Crippen molar-refractivity contribution < 1.29 is 14.3 Å². The third kappa shape index (κ3) is 4.82. The molecule has 2 fully saturated rings. The Kier molecular flexibility index (Phi) is 6.14. The van der Waals surface area contributed by atoms with E-state index in [0.29, 0.717) is 41.9 Å². The van der Waals surface area contributed by atoms with Gasteiger partial charge in [0.2, 0.25) is 5.91 Å². The Labute approximate surface area is 187 Å². The number of hydrogen-bond acceptors (Lipinski definition) is 5. The number of halogens is 1. The molecule has 1 aliphatic carbocycles. The largest absolute Gasteiger partial charge is 0.496 e. The van der Waals surface area contributed by atoms with Gasteiger partial charge >= 0.3 is 0 Å². The van der Waals surface area contributed by atoms with Crippen LogP contribution in [-0.2, 0) is 11.2 Å². The first-order valence-corrected chi connectivity index (χ1v) is 11.0. The highest BCUT2D eigenvalue weighted by atomic mass is 35.5. The van der Waals surface area contributed by atoms with Gasteiger partial charge in [-0.15, -0.1) is 0 Å². The minimum Gasteiger partial charge on any atom is -0.496 e. The maximum absolute atomic E-state index is 13.1. The van der Waals surface area contributed by atoms with E-state index >= 15 is 0 Å². The average Bonchev–Trinajstić information content (AvgIpc) is 3.41. The van der Waals surface area contributed by atoms with Crippen molar-refractivity contribution in [2.24, 2.45) is 0 Å². The predicted molar refractivity (Wildman–Crippen MR) is 118 cm³/mol. The molecule has 2 amide bonds. The lowest BCUT2D eigenvalue weighted by molar-refractivity contribution is -0.120. The molecule has 1 aromatic carbocycles. The molecule has 31 heavy (non-hydrogen) atoms. The van der Waals surface area contributed by atoms with E-state index in [1.807, 2.05) is 13.8 Å². The number of nitrogens with one attached hydrogen (secondary N) is 1. The average molecular weight is 443 g/mol. The van der Waals surface area contributed by atoms with Crippen molar-refractivity contribution >= 4 is 23.4 Å². The molecule has 0 spiro atoms. The van der Waals surface area contributed by atoms with Gasteiger partial charge in [-0.05, 0) is 51.3 Å². The Morgan fingerprint density at radius 2 is 1.90 bits per heavy atom. The lowest BCUT2D eigenvalue weighted by atomic mass is 10.0. The highest BCUT2D eigenvalue weighted by Crippen LogP contribution is 2.30. The maximum atomic E-state index is 13.1. The zero-order valence-corrected chi connectivity index (χ0v) is 18.8. The molecule has 7 nitrogen and oxygen atoms in total. The number of aromatic nitrogens is 2. The number of aryl methyl sites for hydroxylation is 2. The van der Waals surface area contributed by atoms with E-state index in [1.54, 1.807) is 30.2 Å². The van der Waals surface area contributed by atoms with Gasteiger partial charge in [-0.25, -0.2) is 9.97 Å². The fourth-order valence-electron chi connectivity index (χ4n) is 4.04. The Bertz CT molecular complexity index is 999. The number of rotatable bonds is 6. The molecule has 1 saturated carbocycles. The summed E-state index contributed by atoms with van der Waals surface area (Å²) < 4.78 is 5.33. The first kappa shape index (κ1) is 21.6. The second kappa shape index (κ2) is 8.83. The molecule has 1 unspecified atom stereocenters. The second-order valence-corrected chi connectivity index (χ2v) is 8.77. The van der Waals surface area contributed by atoms with Crippen LogP contribution >= 0.6 is 11.6 Å². The Hall–Kier alpha value is -2.67. The first-order valence-electron chi connectivity index (χ1n) is 10.6. The van der Waals surface area contributed by atoms with Crippen LogP contribution in [0.15, 0.2) is 18.2 Å². The monoisotopic (exact) mass is 442 g/mol. The quantitative estimate of drug-likeness (QED) is 0.742. The lowest BCUT2D eigenvalue weighted by Gasteiger charge is -2.19. The van der Waals surface area contributed by atoms with E-state index in [-0.39, 0.29) is 17.7 Å². The normalized spacial score (nSPS) is 18.2. The topological polar surface area (TPSA) is 84.4 Å². The zero-order chi connectivity index (χ0) is 22.1. The van der Waals surface area contributed by atoms with Crippen molar-refractivity contribution in [2.45, 2.75) is 51.5 Å². The molecule has 4 rings (SSSR count). The minimum atomic E-state index is -0.108. The summed E-state index contributed by atoms with van der Waals surface area (Å²) in [7, 11) is 1.54. The summed E-state index contributed by atoms with van der Waals surface area (Å²) in [4.78, 5) is 36.5. The first-order chi connectivity index (χ1) is 14.9. The van der Waals surface area contributed by atoms with E-state index in [0.717, 1.165) is 42.0 Å². The molecule has 2 aromatic rings. The summed E-state index contributed by atoms with van der Waals surface area (Å²) in [6, 6.07) is 5.39. The standard InChI is InChI=1S/C23H27ClN4O3/c1-13-18(11-21(29)27-17-5-6-17)14(2)26-22(25-13)15-8-9-28(12-15)23(30)19-10-16(24)4-7-20(19)31-3/h4,7,10,15,17H,5-6,8-9,11-12H2,1-3H3,(H,27,29). The highest BCUT2D eigenvalue weighted by molar-refractivity contribution is 6.31. The van der Waals surface area contributed by atoms with Gasteiger partial charge in [0, 0.05) is 47.0 Å². The molecule has 1 N–H and O–H groups in total. The van der Waals surface area contributed by atoms with Gasteiger partial charge in [0.1, 0.15) is 11.6 Å². The van der Waals surface area contributed by atoms with E-state index in [9.17, 15) is 9.59 Å². The summed E-state index contributed by atoms with van der Waals surface area (Å²) in [6.07, 6.45) is 3.22. The smallest absolute Gasteiger partial charge is 0.257 e. The van der Waals surface area contributed by atoms with E-state index in [1.165, 1.54) is 0 Å². The second-order valence-electron chi connectivity index (χ2n) is 8.33. The van der Waals surface area contributed by atoms with Crippen LogP contribution in [0.1, 0.15) is 58.3 Å². The fourth-order valence-corrected chi connectivity index (χ4v) is 4.22. The summed E-state index contributed by atoms with van der Waals surface area (Å²) in [5.41, 5.74) is 3.00. The van der Waals surface area contributed by atoms with Crippen molar-refractivity contribution in [1.29, 1.82) is 0 Å². The lowest BCUT2D eigenvalue weighted by Crippen LogP contribution is -2.29. The fraction of sp³-hybridized carbons (Fsp3) is 0.478. The molecule has 8 heteroatoms. The van der Waals surface area contributed by atoms with Gasteiger partial charge in [0.15, 0.2) is 0 Å². The predicted octanol–water partition coefficient (Wildman–Crippen LogP) is 3.21. The molecule has 1 aliphatic heterocycles. The Morgan fingerprint density at radius 1 is 1.19 bits per heavy atom. The van der Waals surface area contributed by atoms with Gasteiger partial charge in [0.25, 0.3) is 5.91 Å². The number of nitrogens with zero attached hydrogens (tertiary/aromatic N) is 3. The van der Waals surface area contributed by atoms with E-state index in [4.69, 9.17) is 26.3 Å². The van der Waals surface area contributed by atoms with Gasteiger partial charge in [0.05, 0.1) is 19.1 Å². The Balaban J connectivity index is 1.47. The van der Waals surface area contributed by atoms with Gasteiger partial charge < -0.3 is 15.0 Å². The van der Waals surface area contributed by atoms with Crippen LogP contribution in [0.2, 0.25) is 5.02 Å². The molecule has 1 aromatic heterocycles. The van der Waals surface area contributed by atoms with E-state index in [2.05, 4.69) is 5.32 Å². The number of carbonyl (C=O) groups is 2. The van der Waals surface area contributed by atoms with Crippen LogP contribution in [0.4, 0.5) is 0 Å². The van der Waals surface area contributed by atoms with E-state index < -0.39 is 0 Å². The molecular formula is C23H27ClN4O3. The van der Waals surface area contributed by atoms with Crippen LogP contribution in [0.25, 0.3) is 0 Å². The van der Waals surface area contributed by atoms with Crippen molar-refractivity contribution in [3.05, 3.63) is 51.6 Å². The SMILES string of the molecule is COc1ccc(Cl)cc1C(=O)N1CCC(c2nc(C)c(CC(=O)NC3CC3)c(C)n2)C1. The minimum absolute atomic E-state index is 0.0261. The number of benzene rings is 1. The van der Waals surface area contributed by atoms with Crippen LogP contribution in [0.3, 0.4) is 0 Å². The number of hydrogen-bond donors (Lipinski definition) is 1. The maximum Gasteiger partial charge on any atom is 0.257 e. The molecule has 1 atom stereocenters. The molecule has 0 bridgehead atoms. The number of amides is 2. The number of likely N-dealkylation sites (tertiary alicyclic amines) is 1. The van der Waals surface area contributed by atoms with Crippen LogP contribution in [0, 0.1) is 13.8 Å². The Morgan fingerprint density at radius 3 is 2.55 bits per heavy atom. The summed E-state index contributed by atoms with van der Waals surface area (Å²) >= 11 is 6.09. The summed E-state index contributed by atoms with van der Waals surface area (Å²) in [5, 5.41) is 3.51. The van der Waals surface area contributed by atoms with Gasteiger partial charge in [-0.3, -0.25) is 9.59 Å². The number of methoxy groups -OCH3 is 1. The van der Waals surface area contributed by atoms with Crippen molar-refractivity contribution in [1.82, 2.24) is 20.2 Å². The van der Waals surface area contributed by atoms with Gasteiger partial charge in [-0.2, -0.15) is 0 Å². The molecule has 1 saturated heterocycles. The molecule has 164 valence electrons. The number of carbonyl (C=O) groups excluding carboxylic acids is 2. The van der Waals surface area contributed by atoms with Crippen molar-refractivity contribution in [3.8, 4) is 5.75 Å². The van der Waals surface area contributed by atoms with Crippen LogP contribution in [0.5, 0.6) is 5.75 Å². The molecular weight excluding hydrogens is 416 g/mol. The molecule has 2 aliphatic rings. The van der Waals surface area contributed by atoms with Crippen LogP contribution in [-0.4, -0.2) is 52.9 Å².